The highest BCUT2D eigenvalue weighted by Crippen LogP contribution is 2.22. The van der Waals surface area contributed by atoms with E-state index in [2.05, 4.69) is 4.98 Å². The van der Waals surface area contributed by atoms with Crippen LogP contribution in [0, 0.1) is 13.8 Å². The molecule has 1 aromatic heterocycles. The van der Waals surface area contributed by atoms with Crippen molar-refractivity contribution in [2.24, 2.45) is 0 Å². The van der Waals surface area contributed by atoms with Crippen molar-refractivity contribution in [1.82, 2.24) is 9.88 Å². The van der Waals surface area contributed by atoms with E-state index in [1.165, 1.54) is 10.5 Å². The fraction of sp³-hybridized carbons (Fsp3) is 0.400. The topological polar surface area (TPSA) is 76.6 Å². The second kappa shape index (κ2) is 6.07. The van der Waals surface area contributed by atoms with Crippen molar-refractivity contribution in [3.8, 4) is 0 Å². The molecule has 20 heavy (non-hydrogen) atoms. The maximum atomic E-state index is 12.4. The number of carbonyl (C=O) groups is 1. The number of fused-ring (bicyclic) bond motifs is 1. The lowest BCUT2D eigenvalue weighted by Crippen LogP contribution is -2.36. The number of hydrogen-bond donors (Lipinski definition) is 3. The van der Waals surface area contributed by atoms with E-state index in [1.54, 1.807) is 0 Å². The first-order valence-electron chi connectivity index (χ1n) is 6.68. The molecule has 0 fully saturated rings. The van der Waals surface area contributed by atoms with Gasteiger partial charge in [0.1, 0.15) is 5.69 Å². The molecule has 1 heterocycles. The number of aryl methyl sites for hydroxylation is 2. The van der Waals surface area contributed by atoms with E-state index in [0.717, 1.165) is 16.5 Å². The number of nitrogens with zero attached hydrogens (tertiary/aromatic N) is 1. The molecular weight excluding hydrogens is 256 g/mol. The lowest BCUT2D eigenvalue weighted by molar-refractivity contribution is 0.0680. The van der Waals surface area contributed by atoms with Gasteiger partial charge in [-0.2, -0.15) is 0 Å². The van der Waals surface area contributed by atoms with E-state index in [9.17, 15) is 4.79 Å². The van der Waals surface area contributed by atoms with Crippen LogP contribution in [0.3, 0.4) is 0 Å². The normalized spacial score (nSPS) is 11.0. The second-order valence-electron chi connectivity index (χ2n) is 4.89. The Morgan fingerprint density at radius 1 is 1.20 bits per heavy atom. The van der Waals surface area contributed by atoms with Crippen LogP contribution in [0.15, 0.2) is 18.2 Å². The van der Waals surface area contributed by atoms with Gasteiger partial charge < -0.3 is 20.1 Å². The van der Waals surface area contributed by atoms with Gasteiger partial charge in [-0.25, -0.2) is 0 Å². The Morgan fingerprint density at radius 3 is 2.45 bits per heavy atom. The molecule has 0 radical (unpaired) electrons. The molecule has 1 aromatic carbocycles. The number of aliphatic hydroxyl groups excluding tert-OH is 2. The zero-order chi connectivity index (χ0) is 14.7. The molecule has 5 heteroatoms. The average molecular weight is 276 g/mol. The van der Waals surface area contributed by atoms with E-state index in [4.69, 9.17) is 10.2 Å². The molecule has 0 spiro atoms. The third kappa shape index (κ3) is 2.69. The number of benzene rings is 1. The van der Waals surface area contributed by atoms with Crippen molar-refractivity contribution in [1.29, 1.82) is 0 Å². The molecule has 0 saturated heterocycles. The Labute approximate surface area is 117 Å². The van der Waals surface area contributed by atoms with Crippen LogP contribution in [0.5, 0.6) is 0 Å². The van der Waals surface area contributed by atoms with Crippen molar-refractivity contribution < 1.29 is 15.0 Å². The summed E-state index contributed by atoms with van der Waals surface area (Å²) >= 11 is 0. The molecule has 0 unspecified atom stereocenters. The number of aromatic nitrogens is 1. The molecule has 0 aliphatic carbocycles. The van der Waals surface area contributed by atoms with E-state index in [0.29, 0.717) is 5.69 Å². The van der Waals surface area contributed by atoms with Gasteiger partial charge in [-0.15, -0.1) is 0 Å². The maximum absolute atomic E-state index is 12.4. The van der Waals surface area contributed by atoms with Crippen molar-refractivity contribution in [3.63, 3.8) is 0 Å². The lowest BCUT2D eigenvalue weighted by atomic mass is 10.1. The van der Waals surface area contributed by atoms with Crippen LogP contribution in [0.2, 0.25) is 0 Å². The van der Waals surface area contributed by atoms with Gasteiger partial charge >= 0.3 is 0 Å². The average Bonchev–Trinajstić information content (AvgIpc) is 2.87. The van der Waals surface area contributed by atoms with Gasteiger partial charge in [-0.3, -0.25) is 4.79 Å². The third-order valence-corrected chi connectivity index (χ3v) is 3.60. The standard InChI is InChI=1S/C15H20N2O3/c1-10-3-4-13-12(11(10)2)9-14(16-13)15(20)17(5-7-18)6-8-19/h3-4,9,16,18-19H,5-8H2,1-2H3. The minimum absolute atomic E-state index is 0.121. The molecule has 0 saturated carbocycles. The number of amides is 1. The monoisotopic (exact) mass is 276 g/mol. The number of hydrogen-bond acceptors (Lipinski definition) is 3. The van der Waals surface area contributed by atoms with Gasteiger partial charge in [0.2, 0.25) is 0 Å². The first kappa shape index (κ1) is 14.6. The predicted molar refractivity (Wildman–Crippen MR) is 77.8 cm³/mol. The van der Waals surface area contributed by atoms with E-state index >= 15 is 0 Å². The van der Waals surface area contributed by atoms with E-state index in [-0.39, 0.29) is 32.2 Å². The summed E-state index contributed by atoms with van der Waals surface area (Å²) in [6.07, 6.45) is 0. The van der Waals surface area contributed by atoms with Crippen molar-refractivity contribution in [3.05, 3.63) is 35.0 Å². The molecule has 1 amide bonds. The van der Waals surface area contributed by atoms with Crippen LogP contribution in [0.25, 0.3) is 10.9 Å². The number of aliphatic hydroxyl groups is 2. The highest BCUT2D eigenvalue weighted by molar-refractivity contribution is 5.99. The summed E-state index contributed by atoms with van der Waals surface area (Å²) in [7, 11) is 0. The zero-order valence-electron chi connectivity index (χ0n) is 11.8. The molecule has 2 rings (SSSR count). The lowest BCUT2D eigenvalue weighted by Gasteiger charge is -2.19. The van der Waals surface area contributed by atoms with Crippen LogP contribution >= 0.6 is 0 Å². The summed E-state index contributed by atoms with van der Waals surface area (Å²) in [5.41, 5.74) is 3.73. The molecule has 0 bridgehead atoms. The quantitative estimate of drug-likeness (QED) is 0.768. The number of carbonyl (C=O) groups excluding carboxylic acids is 1. The van der Waals surface area contributed by atoms with Crippen molar-refractivity contribution in [2.45, 2.75) is 13.8 Å². The fourth-order valence-electron chi connectivity index (χ4n) is 2.30. The minimum atomic E-state index is -0.207. The molecule has 0 atom stereocenters. The van der Waals surface area contributed by atoms with Crippen LogP contribution in [-0.2, 0) is 0 Å². The smallest absolute Gasteiger partial charge is 0.270 e. The summed E-state index contributed by atoms with van der Waals surface area (Å²) in [4.78, 5) is 16.9. The highest BCUT2D eigenvalue weighted by atomic mass is 16.3. The second-order valence-corrected chi connectivity index (χ2v) is 4.89. The largest absolute Gasteiger partial charge is 0.395 e. The van der Waals surface area contributed by atoms with Gasteiger partial charge in [0.25, 0.3) is 5.91 Å². The molecule has 108 valence electrons. The Morgan fingerprint density at radius 2 is 1.85 bits per heavy atom. The number of aromatic amines is 1. The summed E-state index contributed by atoms with van der Waals surface area (Å²) in [6, 6.07) is 5.81. The molecular formula is C15H20N2O3. The van der Waals surface area contributed by atoms with Gasteiger partial charge in [-0.05, 0) is 37.1 Å². The summed E-state index contributed by atoms with van der Waals surface area (Å²) in [5, 5.41) is 19.0. The summed E-state index contributed by atoms with van der Waals surface area (Å²) < 4.78 is 0. The first-order valence-corrected chi connectivity index (χ1v) is 6.68. The predicted octanol–water partition coefficient (Wildman–Crippen LogP) is 1.21. The van der Waals surface area contributed by atoms with E-state index in [1.807, 2.05) is 32.0 Å². The van der Waals surface area contributed by atoms with Crippen LogP contribution in [0.1, 0.15) is 21.6 Å². The summed E-state index contributed by atoms with van der Waals surface area (Å²) in [6.45, 7) is 4.25. The molecule has 0 aliphatic rings. The van der Waals surface area contributed by atoms with Crippen molar-refractivity contribution >= 4 is 16.8 Å². The molecule has 5 nitrogen and oxygen atoms in total. The van der Waals surface area contributed by atoms with Crippen molar-refractivity contribution in [2.75, 3.05) is 26.3 Å². The van der Waals surface area contributed by atoms with Crippen LogP contribution < -0.4 is 0 Å². The van der Waals surface area contributed by atoms with Gasteiger partial charge in [0, 0.05) is 24.0 Å². The number of nitrogens with one attached hydrogen (secondary N) is 1. The number of rotatable bonds is 5. The Balaban J connectivity index is 2.37. The molecule has 2 aromatic rings. The number of H-pyrrole nitrogens is 1. The third-order valence-electron chi connectivity index (χ3n) is 3.60. The van der Waals surface area contributed by atoms with Gasteiger partial charge in [-0.1, -0.05) is 6.07 Å². The van der Waals surface area contributed by atoms with Gasteiger partial charge in [0.05, 0.1) is 13.2 Å². The van der Waals surface area contributed by atoms with Gasteiger partial charge in [0.15, 0.2) is 0 Å². The Hall–Kier alpha value is -1.85. The summed E-state index contributed by atoms with van der Waals surface area (Å²) in [5.74, 6) is -0.207. The van der Waals surface area contributed by atoms with Crippen LogP contribution in [-0.4, -0.2) is 52.3 Å². The fourth-order valence-corrected chi connectivity index (χ4v) is 2.30. The minimum Gasteiger partial charge on any atom is -0.395 e. The maximum Gasteiger partial charge on any atom is 0.270 e. The molecule has 3 N–H and O–H groups in total. The Kier molecular flexibility index (Phi) is 4.42. The molecule has 0 aliphatic heterocycles. The van der Waals surface area contributed by atoms with E-state index < -0.39 is 0 Å². The Bertz CT molecular complexity index is 613. The highest BCUT2D eigenvalue weighted by Gasteiger charge is 2.17. The SMILES string of the molecule is Cc1ccc2[nH]c(C(=O)N(CCO)CCO)cc2c1C. The first-order chi connectivity index (χ1) is 9.58. The van der Waals surface area contributed by atoms with Crippen LogP contribution in [0.4, 0.5) is 0 Å². The zero-order valence-corrected chi connectivity index (χ0v) is 11.8.